The third-order valence-corrected chi connectivity index (χ3v) is 1.39. The molecule has 0 aromatic rings. The number of hydrogen-bond acceptors (Lipinski definition) is 2. The highest BCUT2D eigenvalue weighted by molar-refractivity contribution is 7.99. The van der Waals surface area contributed by atoms with Crippen molar-refractivity contribution in [3.05, 3.63) is 0 Å². The Kier molecular flexibility index (Phi) is 6.51. The molecule has 0 atom stereocenters. The zero-order valence-corrected chi connectivity index (χ0v) is 4.91. The molecular formula is C4H9O2S. The van der Waals surface area contributed by atoms with Gasteiger partial charge in [-0.05, 0) is 0 Å². The van der Waals surface area contributed by atoms with Gasteiger partial charge < -0.3 is 5.11 Å². The van der Waals surface area contributed by atoms with Crippen molar-refractivity contribution in [3.63, 3.8) is 0 Å². The maximum Gasteiger partial charge on any atom is 0.0912 e. The Morgan fingerprint density at radius 3 is 2.57 bits per heavy atom. The van der Waals surface area contributed by atoms with Gasteiger partial charge in [-0.2, -0.15) is 11.8 Å². The first-order valence-corrected chi connectivity index (χ1v) is 3.34. The number of aliphatic hydroxyl groups excluding tert-OH is 1. The zero-order valence-electron chi connectivity index (χ0n) is 4.09. The third-order valence-electron chi connectivity index (χ3n) is 0.463. The summed E-state index contributed by atoms with van der Waals surface area (Å²) in [6.45, 7) is 0.148. The minimum absolute atomic E-state index is 0.0370. The second-order valence-electron chi connectivity index (χ2n) is 1.04. The fourth-order valence-corrected chi connectivity index (χ4v) is 0.677. The van der Waals surface area contributed by atoms with Crippen molar-refractivity contribution in [1.82, 2.24) is 0 Å². The van der Waals surface area contributed by atoms with Crippen LogP contribution in [0.15, 0.2) is 0 Å². The molecule has 1 radical (unpaired) electrons. The van der Waals surface area contributed by atoms with Crippen molar-refractivity contribution < 1.29 is 10.2 Å². The van der Waals surface area contributed by atoms with Gasteiger partial charge >= 0.3 is 0 Å². The van der Waals surface area contributed by atoms with E-state index in [1.807, 2.05) is 0 Å². The first kappa shape index (κ1) is 7.27. The molecule has 0 fully saturated rings. The van der Waals surface area contributed by atoms with Crippen molar-refractivity contribution in [2.45, 2.75) is 0 Å². The molecule has 3 heteroatoms. The monoisotopic (exact) mass is 121 g/mol. The van der Waals surface area contributed by atoms with Crippen LogP contribution in [0.25, 0.3) is 0 Å². The van der Waals surface area contributed by atoms with E-state index in [4.69, 9.17) is 5.11 Å². The molecule has 0 aromatic carbocycles. The van der Waals surface area contributed by atoms with Crippen LogP contribution in [0, 0.1) is 0 Å². The van der Waals surface area contributed by atoms with E-state index in [2.05, 4.69) is 0 Å². The lowest BCUT2D eigenvalue weighted by Crippen LogP contribution is -1.90. The smallest absolute Gasteiger partial charge is 0.0912 e. The normalized spacial score (nSPS) is 9.43. The molecule has 0 rings (SSSR count). The Bertz CT molecular complexity index is 28.9. The molecule has 2 nitrogen and oxygen atoms in total. The molecule has 0 bridgehead atoms. The van der Waals surface area contributed by atoms with Crippen LogP contribution in [0.4, 0.5) is 0 Å². The van der Waals surface area contributed by atoms with Crippen molar-refractivity contribution in [2.75, 3.05) is 24.7 Å². The van der Waals surface area contributed by atoms with Crippen molar-refractivity contribution in [2.24, 2.45) is 0 Å². The summed E-state index contributed by atoms with van der Waals surface area (Å²) in [6.07, 6.45) is 0. The lowest BCUT2D eigenvalue weighted by molar-refractivity contribution is 0.215. The number of thioether (sulfide) groups is 1. The van der Waals surface area contributed by atoms with Gasteiger partial charge in [0.1, 0.15) is 0 Å². The largest absolute Gasteiger partial charge is 0.396 e. The Morgan fingerprint density at radius 2 is 2.14 bits per heavy atom. The fraction of sp³-hybridized carbons (Fsp3) is 1.00. The summed E-state index contributed by atoms with van der Waals surface area (Å²) in [7, 11) is 0. The van der Waals surface area contributed by atoms with Gasteiger partial charge in [-0.25, -0.2) is 5.11 Å². The second-order valence-corrected chi connectivity index (χ2v) is 2.26. The van der Waals surface area contributed by atoms with E-state index in [0.717, 1.165) is 0 Å². The first-order chi connectivity index (χ1) is 3.41. The quantitative estimate of drug-likeness (QED) is 0.537. The van der Waals surface area contributed by atoms with Gasteiger partial charge in [-0.15, -0.1) is 0 Å². The van der Waals surface area contributed by atoms with Crippen molar-refractivity contribution in [3.8, 4) is 0 Å². The maximum atomic E-state index is 9.70. The van der Waals surface area contributed by atoms with Crippen LogP contribution in [0.3, 0.4) is 0 Å². The fourth-order valence-electron chi connectivity index (χ4n) is 0.226. The molecule has 7 heavy (non-hydrogen) atoms. The van der Waals surface area contributed by atoms with Gasteiger partial charge in [-0.1, -0.05) is 0 Å². The molecule has 0 aliphatic rings. The summed E-state index contributed by atoms with van der Waals surface area (Å²) in [4.78, 5) is 0. The minimum atomic E-state index is -0.0370. The number of rotatable bonds is 4. The topological polar surface area (TPSA) is 40.1 Å². The van der Waals surface area contributed by atoms with Gasteiger partial charge in [0, 0.05) is 11.5 Å². The van der Waals surface area contributed by atoms with E-state index in [-0.39, 0.29) is 13.2 Å². The lowest BCUT2D eigenvalue weighted by Gasteiger charge is -1.89. The number of hydrogen-bond donors (Lipinski definition) is 1. The predicted octanol–water partition coefficient (Wildman–Crippen LogP) is 0.142. The molecule has 0 heterocycles. The van der Waals surface area contributed by atoms with Gasteiger partial charge in [0.2, 0.25) is 0 Å². The highest BCUT2D eigenvalue weighted by Crippen LogP contribution is 1.94. The highest BCUT2D eigenvalue weighted by atomic mass is 32.2. The van der Waals surface area contributed by atoms with Crippen molar-refractivity contribution >= 4 is 11.8 Å². The van der Waals surface area contributed by atoms with Crippen LogP contribution in [0.2, 0.25) is 0 Å². The van der Waals surface area contributed by atoms with E-state index < -0.39 is 0 Å². The van der Waals surface area contributed by atoms with Crippen LogP contribution >= 0.6 is 11.8 Å². The Morgan fingerprint density at radius 1 is 1.43 bits per heavy atom. The van der Waals surface area contributed by atoms with Gasteiger partial charge in [0.25, 0.3) is 0 Å². The summed E-state index contributed by atoms with van der Waals surface area (Å²) in [5.74, 6) is 1.32. The van der Waals surface area contributed by atoms with Gasteiger partial charge in [0.05, 0.1) is 13.2 Å². The second kappa shape index (κ2) is 6.27. The Hall–Kier alpha value is 0.270. The molecular weight excluding hydrogens is 112 g/mol. The first-order valence-electron chi connectivity index (χ1n) is 2.18. The average Bonchev–Trinajstić information content (AvgIpc) is 1.69. The molecule has 0 saturated heterocycles. The molecule has 0 spiro atoms. The molecule has 43 valence electrons. The number of aliphatic hydroxyl groups is 1. The van der Waals surface area contributed by atoms with Crippen LogP contribution in [-0.2, 0) is 5.11 Å². The van der Waals surface area contributed by atoms with E-state index in [1.165, 1.54) is 11.8 Å². The average molecular weight is 121 g/mol. The van der Waals surface area contributed by atoms with E-state index in [0.29, 0.717) is 11.5 Å². The van der Waals surface area contributed by atoms with E-state index >= 15 is 0 Å². The van der Waals surface area contributed by atoms with Gasteiger partial charge in [0.15, 0.2) is 0 Å². The summed E-state index contributed by atoms with van der Waals surface area (Å²) in [5.41, 5.74) is 0. The molecule has 0 aliphatic heterocycles. The van der Waals surface area contributed by atoms with Crippen LogP contribution < -0.4 is 0 Å². The molecule has 0 aromatic heterocycles. The summed E-state index contributed by atoms with van der Waals surface area (Å²) >= 11 is 1.49. The highest BCUT2D eigenvalue weighted by Gasteiger charge is 1.82. The summed E-state index contributed by atoms with van der Waals surface area (Å²) in [5, 5.41) is 17.9. The molecule has 0 saturated carbocycles. The zero-order chi connectivity index (χ0) is 5.54. The Balaban J connectivity index is 2.45. The minimum Gasteiger partial charge on any atom is -0.396 e. The van der Waals surface area contributed by atoms with Crippen LogP contribution in [0.1, 0.15) is 0 Å². The standard InChI is InChI=1S/C4H9O2S/c5-1-3-7-4-2-6/h5H,1-4H2. The lowest BCUT2D eigenvalue weighted by atomic mass is 10.9. The van der Waals surface area contributed by atoms with Gasteiger partial charge in [-0.3, -0.25) is 0 Å². The Labute approximate surface area is 47.5 Å². The van der Waals surface area contributed by atoms with Crippen LogP contribution in [0.5, 0.6) is 0 Å². The molecule has 0 aliphatic carbocycles. The SMILES string of the molecule is [O]CCSCCO. The molecule has 1 N–H and O–H groups in total. The summed E-state index contributed by atoms with van der Waals surface area (Å²) in [6, 6.07) is 0. The predicted molar refractivity (Wildman–Crippen MR) is 30.0 cm³/mol. The molecule has 0 amide bonds. The molecule has 0 unspecified atom stereocenters. The summed E-state index contributed by atoms with van der Waals surface area (Å²) < 4.78 is 0. The van der Waals surface area contributed by atoms with E-state index in [1.54, 1.807) is 0 Å². The van der Waals surface area contributed by atoms with E-state index in [9.17, 15) is 5.11 Å². The maximum absolute atomic E-state index is 9.70. The van der Waals surface area contributed by atoms with Crippen molar-refractivity contribution in [1.29, 1.82) is 0 Å². The third kappa shape index (κ3) is 6.27. The van der Waals surface area contributed by atoms with Crippen LogP contribution in [-0.4, -0.2) is 29.8 Å².